The lowest BCUT2D eigenvalue weighted by Gasteiger charge is -2.22. The zero-order valence-corrected chi connectivity index (χ0v) is 20.3. The second-order valence-electron chi connectivity index (χ2n) is 10.3. The van der Waals surface area contributed by atoms with Gasteiger partial charge in [-0.2, -0.15) is 10.2 Å². The van der Waals surface area contributed by atoms with Gasteiger partial charge in [-0.1, -0.05) is 52.2 Å². The maximum absolute atomic E-state index is 6.05. The van der Waals surface area contributed by atoms with Gasteiger partial charge in [0.2, 0.25) is 0 Å². The highest BCUT2D eigenvalue weighted by Gasteiger charge is 2.20. The number of ether oxygens (including phenoxy) is 1. The minimum Gasteiger partial charge on any atom is -0.492 e. The molecule has 0 unspecified atom stereocenters. The lowest BCUT2D eigenvalue weighted by atomic mass is 9.96. The molecule has 5 rings (SSSR count). The summed E-state index contributed by atoms with van der Waals surface area (Å²) in [7, 11) is 0. The molecule has 1 aliphatic rings. The predicted octanol–water partition coefficient (Wildman–Crippen LogP) is 5.61. The van der Waals surface area contributed by atoms with Crippen LogP contribution in [0, 0.1) is 0 Å². The summed E-state index contributed by atoms with van der Waals surface area (Å²) >= 11 is 0. The summed E-state index contributed by atoms with van der Waals surface area (Å²) in [4.78, 5) is 4.71. The summed E-state index contributed by atoms with van der Waals surface area (Å²) in [6.45, 7) is 7.89. The predicted molar refractivity (Wildman–Crippen MR) is 136 cm³/mol. The third-order valence-corrected chi connectivity index (χ3v) is 6.53. The zero-order chi connectivity index (χ0) is 23.5. The molecule has 7 nitrogen and oxygen atoms in total. The molecule has 2 aromatic carbocycles. The van der Waals surface area contributed by atoms with Crippen LogP contribution in [0.5, 0.6) is 5.75 Å². The van der Waals surface area contributed by atoms with Crippen LogP contribution in [0.2, 0.25) is 0 Å². The molecule has 0 aliphatic heterocycles. The Balaban J connectivity index is 1.32. The topological polar surface area (TPSA) is 91.5 Å². The van der Waals surface area contributed by atoms with E-state index in [4.69, 9.17) is 9.72 Å². The van der Waals surface area contributed by atoms with Crippen LogP contribution in [0.25, 0.3) is 33.5 Å². The average molecular weight is 459 g/mol. The SMILES string of the molecule is CC(C)(C)c1nc(-c2ccc3[nH]nc(-c4cccc(OCCNC5CCCCC5)c4)c3c2)n[nH]1. The molecule has 0 bridgehead atoms. The van der Waals surface area contributed by atoms with Crippen LogP contribution in [0.3, 0.4) is 0 Å². The van der Waals surface area contributed by atoms with Gasteiger partial charge in [0, 0.05) is 34.5 Å². The van der Waals surface area contributed by atoms with Crippen molar-refractivity contribution in [3.63, 3.8) is 0 Å². The van der Waals surface area contributed by atoms with Crippen LogP contribution >= 0.6 is 0 Å². The molecule has 4 aromatic rings. The fraction of sp³-hybridized carbons (Fsp3) is 0.444. The van der Waals surface area contributed by atoms with Crippen molar-refractivity contribution in [2.45, 2.75) is 64.3 Å². The van der Waals surface area contributed by atoms with Crippen molar-refractivity contribution in [2.75, 3.05) is 13.2 Å². The maximum atomic E-state index is 6.05. The Morgan fingerprint density at radius 3 is 2.62 bits per heavy atom. The molecule has 2 aromatic heterocycles. The number of H-pyrrole nitrogens is 2. The van der Waals surface area contributed by atoms with Gasteiger partial charge in [-0.25, -0.2) is 4.98 Å². The third-order valence-electron chi connectivity index (χ3n) is 6.53. The standard InChI is InChI=1S/C27H34N6O/c1-27(2,3)26-29-25(32-33-26)19-12-13-23-22(17-19)24(31-30-23)18-8-7-11-21(16-18)34-15-14-28-20-9-5-4-6-10-20/h7-8,11-13,16-17,20,28H,4-6,9-10,14-15H2,1-3H3,(H,30,31)(H,29,32,33). The highest BCUT2D eigenvalue weighted by atomic mass is 16.5. The van der Waals surface area contributed by atoms with Gasteiger partial charge in [-0.15, -0.1) is 0 Å². The van der Waals surface area contributed by atoms with Crippen LogP contribution < -0.4 is 10.1 Å². The quantitative estimate of drug-likeness (QED) is 0.313. The first kappa shape index (κ1) is 22.6. The fourth-order valence-corrected chi connectivity index (χ4v) is 4.57. The molecule has 1 aliphatic carbocycles. The molecular formula is C27H34N6O. The van der Waals surface area contributed by atoms with Crippen molar-refractivity contribution in [3.8, 4) is 28.4 Å². The average Bonchev–Trinajstić information content (AvgIpc) is 3.50. The summed E-state index contributed by atoms with van der Waals surface area (Å²) in [6.07, 6.45) is 6.63. The van der Waals surface area contributed by atoms with E-state index in [1.807, 2.05) is 24.3 Å². The Kier molecular flexibility index (Phi) is 6.37. The van der Waals surface area contributed by atoms with Crippen molar-refractivity contribution < 1.29 is 4.74 Å². The molecule has 34 heavy (non-hydrogen) atoms. The number of benzene rings is 2. The van der Waals surface area contributed by atoms with E-state index in [9.17, 15) is 0 Å². The number of hydrogen-bond donors (Lipinski definition) is 3. The molecule has 0 amide bonds. The Morgan fingerprint density at radius 2 is 1.82 bits per heavy atom. The van der Waals surface area contributed by atoms with Crippen molar-refractivity contribution in [1.29, 1.82) is 0 Å². The minimum absolute atomic E-state index is 0.0808. The van der Waals surface area contributed by atoms with Gasteiger partial charge in [-0.3, -0.25) is 10.2 Å². The lowest BCUT2D eigenvalue weighted by molar-refractivity contribution is 0.289. The summed E-state index contributed by atoms with van der Waals surface area (Å²) in [6, 6.07) is 15.0. The number of nitrogens with zero attached hydrogens (tertiary/aromatic N) is 3. The normalized spacial score (nSPS) is 15.1. The molecular weight excluding hydrogens is 424 g/mol. The molecule has 178 valence electrons. The van der Waals surface area contributed by atoms with E-state index in [0.29, 0.717) is 18.5 Å². The first-order valence-corrected chi connectivity index (χ1v) is 12.4. The molecule has 7 heteroatoms. The summed E-state index contributed by atoms with van der Waals surface area (Å²) in [5, 5.41) is 19.9. The largest absolute Gasteiger partial charge is 0.492 e. The van der Waals surface area contributed by atoms with E-state index >= 15 is 0 Å². The Hall–Kier alpha value is -3.19. The van der Waals surface area contributed by atoms with Gasteiger partial charge < -0.3 is 10.1 Å². The molecule has 1 fully saturated rings. The van der Waals surface area contributed by atoms with E-state index in [1.165, 1.54) is 32.1 Å². The monoisotopic (exact) mass is 458 g/mol. The van der Waals surface area contributed by atoms with Gasteiger partial charge >= 0.3 is 0 Å². The van der Waals surface area contributed by atoms with Crippen LogP contribution in [0.1, 0.15) is 58.7 Å². The molecule has 0 atom stereocenters. The van der Waals surface area contributed by atoms with Crippen LogP contribution in [-0.2, 0) is 5.41 Å². The van der Waals surface area contributed by atoms with E-state index in [0.717, 1.165) is 45.8 Å². The zero-order valence-electron chi connectivity index (χ0n) is 20.3. The van der Waals surface area contributed by atoms with E-state index in [2.05, 4.69) is 64.7 Å². The lowest BCUT2D eigenvalue weighted by Crippen LogP contribution is -2.34. The number of nitrogens with one attached hydrogen (secondary N) is 3. The van der Waals surface area contributed by atoms with Crippen molar-refractivity contribution in [3.05, 3.63) is 48.3 Å². The van der Waals surface area contributed by atoms with Crippen LogP contribution in [-0.4, -0.2) is 44.6 Å². The first-order chi connectivity index (χ1) is 16.5. The number of fused-ring (bicyclic) bond motifs is 1. The number of hydrogen-bond acceptors (Lipinski definition) is 5. The molecule has 2 heterocycles. The highest BCUT2D eigenvalue weighted by molar-refractivity contribution is 5.95. The number of aromatic amines is 2. The van der Waals surface area contributed by atoms with Gasteiger partial charge in [0.1, 0.15) is 23.9 Å². The van der Waals surface area contributed by atoms with Crippen LogP contribution in [0.15, 0.2) is 42.5 Å². The van der Waals surface area contributed by atoms with E-state index < -0.39 is 0 Å². The first-order valence-electron chi connectivity index (χ1n) is 12.4. The van der Waals surface area contributed by atoms with Crippen molar-refractivity contribution in [1.82, 2.24) is 30.7 Å². The number of rotatable bonds is 7. The fourth-order valence-electron chi connectivity index (χ4n) is 4.57. The van der Waals surface area contributed by atoms with E-state index in [1.54, 1.807) is 0 Å². The number of aromatic nitrogens is 5. The van der Waals surface area contributed by atoms with E-state index in [-0.39, 0.29) is 5.41 Å². The van der Waals surface area contributed by atoms with Crippen LogP contribution in [0.4, 0.5) is 0 Å². The molecule has 1 saturated carbocycles. The van der Waals surface area contributed by atoms with Gasteiger partial charge in [-0.05, 0) is 43.2 Å². The summed E-state index contributed by atoms with van der Waals surface area (Å²) < 4.78 is 6.05. The molecule has 0 radical (unpaired) electrons. The van der Waals surface area contributed by atoms with Gasteiger partial charge in [0.15, 0.2) is 5.82 Å². The maximum Gasteiger partial charge on any atom is 0.181 e. The molecule has 0 saturated heterocycles. The van der Waals surface area contributed by atoms with Crippen molar-refractivity contribution >= 4 is 10.9 Å². The smallest absolute Gasteiger partial charge is 0.181 e. The Morgan fingerprint density at radius 1 is 0.971 bits per heavy atom. The second kappa shape index (κ2) is 9.58. The summed E-state index contributed by atoms with van der Waals surface area (Å²) in [5.74, 6) is 2.43. The molecule has 3 N–H and O–H groups in total. The Bertz CT molecular complexity index is 1250. The highest BCUT2D eigenvalue weighted by Crippen LogP contribution is 2.31. The Labute approximate surface area is 200 Å². The van der Waals surface area contributed by atoms with Gasteiger partial charge in [0.25, 0.3) is 0 Å². The minimum atomic E-state index is -0.0808. The second-order valence-corrected chi connectivity index (χ2v) is 10.3. The molecule has 0 spiro atoms. The van der Waals surface area contributed by atoms with Gasteiger partial charge in [0.05, 0.1) is 5.52 Å². The third kappa shape index (κ3) is 4.99. The van der Waals surface area contributed by atoms with Crippen molar-refractivity contribution in [2.24, 2.45) is 0 Å². The summed E-state index contributed by atoms with van der Waals surface area (Å²) in [5.41, 5.74) is 3.78.